The summed E-state index contributed by atoms with van der Waals surface area (Å²) >= 11 is 0. The predicted octanol–water partition coefficient (Wildman–Crippen LogP) is 4.83. The Kier molecular flexibility index (Phi) is 7.10. The Hall–Kier alpha value is -3.90. The van der Waals surface area contributed by atoms with E-state index in [0.717, 1.165) is 46.4 Å². The first kappa shape index (κ1) is 24.8. The number of ether oxygens (including phenoxy) is 1. The summed E-state index contributed by atoms with van der Waals surface area (Å²) in [5.74, 6) is 6.88. The van der Waals surface area contributed by atoms with Gasteiger partial charge in [0.25, 0.3) is 0 Å². The van der Waals surface area contributed by atoms with Crippen LogP contribution in [0.2, 0.25) is 0 Å². The molecule has 1 aliphatic rings. The van der Waals surface area contributed by atoms with Crippen LogP contribution in [0.5, 0.6) is 5.75 Å². The second kappa shape index (κ2) is 10.6. The molecule has 0 spiro atoms. The molecule has 0 amide bonds. The molecule has 5 rings (SSSR count). The van der Waals surface area contributed by atoms with Gasteiger partial charge in [0.1, 0.15) is 18.4 Å². The highest BCUT2D eigenvalue weighted by molar-refractivity contribution is 5.95. The van der Waals surface area contributed by atoms with Gasteiger partial charge in [-0.2, -0.15) is 5.26 Å². The molecular weight excluding hydrogens is 464 g/mol. The van der Waals surface area contributed by atoms with Crippen LogP contribution in [0.1, 0.15) is 50.4 Å². The number of anilines is 1. The van der Waals surface area contributed by atoms with Crippen molar-refractivity contribution in [2.45, 2.75) is 58.2 Å². The van der Waals surface area contributed by atoms with E-state index in [2.05, 4.69) is 20.9 Å². The number of aromatic nitrogens is 2. The molecule has 0 radical (unpaired) electrons. The van der Waals surface area contributed by atoms with Crippen molar-refractivity contribution in [3.05, 3.63) is 78.1 Å². The molecular formula is C29H32N6O2. The third-order valence-electron chi connectivity index (χ3n) is 6.83. The van der Waals surface area contributed by atoms with E-state index in [0.29, 0.717) is 23.9 Å². The zero-order valence-electron chi connectivity index (χ0n) is 21.1. The molecule has 1 atom stereocenters. The number of hydrogen-bond donors (Lipinski definition) is 3. The van der Waals surface area contributed by atoms with E-state index in [4.69, 9.17) is 10.6 Å². The van der Waals surface area contributed by atoms with Gasteiger partial charge in [-0.25, -0.2) is 5.84 Å². The Balaban J connectivity index is 1.52. The average Bonchev–Trinajstić information content (AvgIpc) is 3.19. The number of benzene rings is 2. The molecule has 0 aliphatic heterocycles. The lowest BCUT2D eigenvalue weighted by molar-refractivity contribution is 0.122. The van der Waals surface area contributed by atoms with E-state index in [9.17, 15) is 10.4 Å². The van der Waals surface area contributed by atoms with Gasteiger partial charge in [-0.15, -0.1) is 0 Å². The number of hydrogen-bond acceptors (Lipinski definition) is 7. The molecule has 2 aromatic carbocycles. The van der Waals surface area contributed by atoms with Crippen LogP contribution in [0.15, 0.2) is 66.9 Å². The Bertz CT molecular complexity index is 1400. The third kappa shape index (κ3) is 5.02. The number of hydrazine groups is 1. The maximum Gasteiger partial charge on any atom is 0.197 e. The molecule has 1 fully saturated rings. The highest BCUT2D eigenvalue weighted by Crippen LogP contribution is 2.43. The van der Waals surface area contributed by atoms with Crippen molar-refractivity contribution in [3.8, 4) is 23.1 Å². The molecule has 190 valence electrons. The van der Waals surface area contributed by atoms with Gasteiger partial charge in [-0.3, -0.25) is 15.3 Å². The number of nitrogens with two attached hydrogens (primary N) is 1. The van der Waals surface area contributed by atoms with Crippen LogP contribution < -0.4 is 20.9 Å². The molecule has 0 saturated heterocycles. The van der Waals surface area contributed by atoms with Gasteiger partial charge in [0, 0.05) is 29.7 Å². The van der Waals surface area contributed by atoms with Crippen LogP contribution in [-0.4, -0.2) is 27.1 Å². The largest absolute Gasteiger partial charge is 0.487 e. The van der Waals surface area contributed by atoms with Crippen molar-refractivity contribution in [1.29, 1.82) is 5.26 Å². The molecule has 0 bridgehead atoms. The van der Waals surface area contributed by atoms with Crippen LogP contribution in [0.3, 0.4) is 0 Å². The summed E-state index contributed by atoms with van der Waals surface area (Å²) in [5.41, 5.74) is 5.00. The normalized spacial score (nSPS) is 14.4. The molecule has 1 aliphatic carbocycles. The number of nitriles is 1. The highest BCUT2D eigenvalue weighted by Gasteiger charge is 2.28. The summed E-state index contributed by atoms with van der Waals surface area (Å²) in [6.07, 6.45) is 4.06. The number of aliphatic hydroxyl groups is 1. The number of nitrogens with zero attached hydrogens (tertiary/aromatic N) is 4. The lowest BCUT2D eigenvalue weighted by Crippen LogP contribution is -2.52. The van der Waals surface area contributed by atoms with E-state index < -0.39 is 6.35 Å². The fourth-order valence-electron chi connectivity index (χ4n) is 4.75. The standard InChI is InChI=1S/C29H32N6O2/c1-19(2)33-29(36)35(31)23-11-9-20(10-12-23)28-26(17-30)25-14-13-24(37-18-21-6-3-4-15-32-21)16-27(25)34(28)22-7-5-8-22/h3-4,6,9-16,19,22,29,33,36H,5,7-8,18,31H2,1-2H3. The predicted molar refractivity (Wildman–Crippen MR) is 144 cm³/mol. The van der Waals surface area contributed by atoms with Crippen LogP contribution >= 0.6 is 0 Å². The summed E-state index contributed by atoms with van der Waals surface area (Å²) in [6.45, 7) is 4.26. The quantitative estimate of drug-likeness (QED) is 0.173. The molecule has 2 aromatic heterocycles. The lowest BCUT2D eigenvalue weighted by atomic mass is 9.92. The zero-order valence-corrected chi connectivity index (χ0v) is 21.1. The smallest absolute Gasteiger partial charge is 0.197 e. The van der Waals surface area contributed by atoms with E-state index >= 15 is 0 Å². The van der Waals surface area contributed by atoms with Crippen LogP contribution in [-0.2, 0) is 6.61 Å². The zero-order chi connectivity index (χ0) is 25.9. The van der Waals surface area contributed by atoms with Crippen molar-refractivity contribution in [1.82, 2.24) is 14.9 Å². The SMILES string of the molecule is CC(C)NC(O)N(N)c1ccc(-c2c(C#N)c3ccc(OCc4ccccn4)cc3n2C2CCC2)cc1. The number of rotatable bonds is 9. The number of pyridine rings is 1. The minimum Gasteiger partial charge on any atom is -0.487 e. The average molecular weight is 497 g/mol. The van der Waals surface area contributed by atoms with Crippen molar-refractivity contribution in [2.24, 2.45) is 5.84 Å². The van der Waals surface area contributed by atoms with E-state index in [1.165, 1.54) is 11.4 Å². The van der Waals surface area contributed by atoms with Crippen molar-refractivity contribution in [3.63, 3.8) is 0 Å². The second-order valence-electron chi connectivity index (χ2n) is 9.73. The van der Waals surface area contributed by atoms with Gasteiger partial charge in [-0.05, 0) is 75.1 Å². The van der Waals surface area contributed by atoms with Gasteiger partial charge in [0.15, 0.2) is 6.35 Å². The van der Waals surface area contributed by atoms with Gasteiger partial charge < -0.3 is 14.4 Å². The fraction of sp³-hybridized carbons (Fsp3) is 0.310. The van der Waals surface area contributed by atoms with Gasteiger partial charge in [0.05, 0.1) is 28.2 Å². The molecule has 2 heterocycles. The molecule has 37 heavy (non-hydrogen) atoms. The Morgan fingerprint density at radius 2 is 1.97 bits per heavy atom. The van der Waals surface area contributed by atoms with Crippen molar-refractivity contribution >= 4 is 16.6 Å². The summed E-state index contributed by atoms with van der Waals surface area (Å²) in [7, 11) is 0. The van der Waals surface area contributed by atoms with Crippen molar-refractivity contribution in [2.75, 3.05) is 5.01 Å². The minimum atomic E-state index is -1.01. The molecule has 1 unspecified atom stereocenters. The minimum absolute atomic E-state index is 0.0783. The summed E-state index contributed by atoms with van der Waals surface area (Å²) in [6, 6.07) is 22.2. The molecule has 4 N–H and O–H groups in total. The van der Waals surface area contributed by atoms with Crippen LogP contribution in [0, 0.1) is 11.3 Å². The lowest BCUT2D eigenvalue weighted by Gasteiger charge is -2.30. The first-order valence-corrected chi connectivity index (χ1v) is 12.7. The number of fused-ring (bicyclic) bond motifs is 1. The van der Waals surface area contributed by atoms with Gasteiger partial charge >= 0.3 is 0 Å². The Labute approximate surface area is 216 Å². The van der Waals surface area contributed by atoms with Gasteiger partial charge in [0.2, 0.25) is 0 Å². The Morgan fingerprint density at radius 3 is 2.59 bits per heavy atom. The molecule has 4 aromatic rings. The first-order valence-electron chi connectivity index (χ1n) is 12.7. The number of aliphatic hydroxyl groups excluding tert-OH is 1. The monoisotopic (exact) mass is 496 g/mol. The molecule has 1 saturated carbocycles. The molecule has 8 heteroatoms. The summed E-state index contributed by atoms with van der Waals surface area (Å²) in [4.78, 5) is 4.33. The maximum absolute atomic E-state index is 10.3. The van der Waals surface area contributed by atoms with E-state index in [1.54, 1.807) is 6.20 Å². The van der Waals surface area contributed by atoms with E-state index in [-0.39, 0.29) is 6.04 Å². The molecule has 8 nitrogen and oxygen atoms in total. The van der Waals surface area contributed by atoms with Gasteiger partial charge in [-0.1, -0.05) is 18.2 Å². The summed E-state index contributed by atoms with van der Waals surface area (Å²) < 4.78 is 8.36. The van der Waals surface area contributed by atoms with E-state index in [1.807, 2.05) is 74.5 Å². The fourth-order valence-corrected chi connectivity index (χ4v) is 4.75. The highest BCUT2D eigenvalue weighted by atomic mass is 16.5. The number of nitrogens with one attached hydrogen (secondary N) is 1. The Morgan fingerprint density at radius 1 is 1.19 bits per heavy atom. The van der Waals surface area contributed by atoms with Crippen LogP contribution in [0.25, 0.3) is 22.2 Å². The third-order valence-corrected chi connectivity index (χ3v) is 6.83. The van der Waals surface area contributed by atoms with Crippen LogP contribution in [0.4, 0.5) is 5.69 Å². The topological polar surface area (TPSA) is 112 Å². The summed E-state index contributed by atoms with van der Waals surface area (Å²) in [5, 5.41) is 25.7. The maximum atomic E-state index is 10.3. The first-order chi connectivity index (χ1) is 18.0. The second-order valence-corrected chi connectivity index (χ2v) is 9.73. The van der Waals surface area contributed by atoms with Crippen molar-refractivity contribution < 1.29 is 9.84 Å².